The highest BCUT2D eigenvalue weighted by Gasteiger charge is 2.26. The van der Waals surface area contributed by atoms with E-state index in [2.05, 4.69) is 22.2 Å². The first-order valence-electron chi connectivity index (χ1n) is 7.37. The van der Waals surface area contributed by atoms with Gasteiger partial charge in [0.15, 0.2) is 5.01 Å². The Morgan fingerprint density at radius 2 is 2.25 bits per heavy atom. The lowest BCUT2D eigenvalue weighted by molar-refractivity contribution is 0.0920. The Bertz CT molecular complexity index is 501. The standard InChI is InChI=1S/C14H22N4OS/c1-18-7-6-11-12(8-18)20-14(17-11)13(19)16-10-5-3-2-4-9(10)15/h9-10H,2-8,15H2,1H3,(H,16,19)/t9-,10+/m1/s1. The topological polar surface area (TPSA) is 71.2 Å². The van der Waals surface area contributed by atoms with Gasteiger partial charge in [0, 0.05) is 36.5 Å². The second-order valence-corrected chi connectivity index (χ2v) is 6.99. The number of fused-ring (bicyclic) bond motifs is 1. The van der Waals surface area contributed by atoms with Gasteiger partial charge in [-0.1, -0.05) is 12.8 Å². The predicted molar refractivity (Wildman–Crippen MR) is 79.8 cm³/mol. The highest BCUT2D eigenvalue weighted by atomic mass is 32.1. The summed E-state index contributed by atoms with van der Waals surface area (Å²) in [6.07, 6.45) is 5.26. The number of aromatic nitrogens is 1. The first kappa shape index (κ1) is 14.0. The average Bonchev–Trinajstić information content (AvgIpc) is 2.84. The first-order valence-corrected chi connectivity index (χ1v) is 8.18. The Morgan fingerprint density at radius 1 is 1.45 bits per heavy atom. The summed E-state index contributed by atoms with van der Waals surface area (Å²) >= 11 is 1.53. The van der Waals surface area contributed by atoms with Gasteiger partial charge in [-0.2, -0.15) is 0 Å². The molecule has 6 heteroatoms. The fourth-order valence-electron chi connectivity index (χ4n) is 2.99. The molecule has 0 spiro atoms. The van der Waals surface area contributed by atoms with Crippen LogP contribution in [0.15, 0.2) is 0 Å². The molecular weight excluding hydrogens is 272 g/mol. The number of nitrogens with one attached hydrogen (secondary N) is 1. The molecule has 1 aliphatic carbocycles. The van der Waals surface area contributed by atoms with Gasteiger partial charge < -0.3 is 16.0 Å². The zero-order valence-corrected chi connectivity index (χ0v) is 12.7. The molecule has 1 fully saturated rings. The number of nitrogens with two attached hydrogens (primary N) is 1. The van der Waals surface area contributed by atoms with Crippen LogP contribution in [0.3, 0.4) is 0 Å². The number of likely N-dealkylation sites (N-methyl/N-ethyl adjacent to an activating group) is 1. The van der Waals surface area contributed by atoms with Crippen LogP contribution in [0.1, 0.15) is 46.1 Å². The number of hydrogen-bond donors (Lipinski definition) is 2. The molecule has 1 amide bonds. The maximum atomic E-state index is 12.3. The monoisotopic (exact) mass is 294 g/mol. The predicted octanol–water partition coefficient (Wildman–Crippen LogP) is 1.13. The number of amides is 1. The summed E-state index contributed by atoms with van der Waals surface area (Å²) in [4.78, 5) is 20.3. The summed E-state index contributed by atoms with van der Waals surface area (Å²) in [6, 6.07) is 0.202. The Kier molecular flexibility index (Phi) is 4.05. The molecule has 20 heavy (non-hydrogen) atoms. The summed E-state index contributed by atoms with van der Waals surface area (Å²) < 4.78 is 0. The molecule has 2 aliphatic rings. The maximum Gasteiger partial charge on any atom is 0.280 e. The minimum absolute atomic E-state index is 0.0468. The van der Waals surface area contributed by atoms with Crippen LogP contribution in [0, 0.1) is 0 Å². The fourth-order valence-corrected chi connectivity index (χ4v) is 4.08. The van der Waals surface area contributed by atoms with Crippen molar-refractivity contribution in [2.24, 2.45) is 5.73 Å². The van der Waals surface area contributed by atoms with Crippen LogP contribution in [0.5, 0.6) is 0 Å². The number of nitrogens with zero attached hydrogens (tertiary/aromatic N) is 2. The Labute approximate surface area is 123 Å². The number of carbonyl (C=O) groups excluding carboxylic acids is 1. The molecule has 0 unspecified atom stereocenters. The third-order valence-corrected chi connectivity index (χ3v) is 5.33. The van der Waals surface area contributed by atoms with E-state index in [1.807, 2.05) is 0 Å². The smallest absolute Gasteiger partial charge is 0.280 e. The molecule has 0 aromatic carbocycles. The van der Waals surface area contributed by atoms with E-state index < -0.39 is 0 Å². The third kappa shape index (κ3) is 2.87. The van der Waals surface area contributed by atoms with Gasteiger partial charge in [0.25, 0.3) is 5.91 Å². The maximum absolute atomic E-state index is 12.3. The SMILES string of the molecule is CN1CCc2nc(C(=O)N[C@H]3CCCC[C@H]3N)sc2C1. The van der Waals surface area contributed by atoms with Crippen molar-refractivity contribution in [3.63, 3.8) is 0 Å². The Hall–Kier alpha value is -0.980. The van der Waals surface area contributed by atoms with Crippen LogP contribution in [0.2, 0.25) is 0 Å². The van der Waals surface area contributed by atoms with Crippen LogP contribution >= 0.6 is 11.3 Å². The lowest BCUT2D eigenvalue weighted by Crippen LogP contribution is -2.49. The van der Waals surface area contributed by atoms with Gasteiger partial charge in [0.1, 0.15) is 0 Å². The minimum atomic E-state index is -0.0468. The van der Waals surface area contributed by atoms with Crippen molar-refractivity contribution in [3.8, 4) is 0 Å². The average molecular weight is 294 g/mol. The van der Waals surface area contributed by atoms with Crippen molar-refractivity contribution in [2.45, 2.75) is 50.7 Å². The van der Waals surface area contributed by atoms with Gasteiger partial charge in [-0.3, -0.25) is 4.79 Å². The Balaban J connectivity index is 1.68. The molecule has 110 valence electrons. The molecule has 2 heterocycles. The zero-order valence-electron chi connectivity index (χ0n) is 11.9. The highest BCUT2D eigenvalue weighted by Crippen LogP contribution is 2.25. The van der Waals surface area contributed by atoms with Crippen LogP contribution < -0.4 is 11.1 Å². The van der Waals surface area contributed by atoms with Crippen LogP contribution in [0.4, 0.5) is 0 Å². The van der Waals surface area contributed by atoms with Crippen molar-refractivity contribution in [2.75, 3.05) is 13.6 Å². The van der Waals surface area contributed by atoms with E-state index in [0.717, 1.165) is 44.5 Å². The lowest BCUT2D eigenvalue weighted by Gasteiger charge is -2.28. The van der Waals surface area contributed by atoms with Crippen LogP contribution in [-0.4, -0.2) is 41.5 Å². The summed E-state index contributed by atoms with van der Waals surface area (Å²) in [7, 11) is 2.10. The van der Waals surface area contributed by atoms with Gasteiger partial charge in [-0.05, 0) is 19.9 Å². The van der Waals surface area contributed by atoms with Crippen molar-refractivity contribution in [1.29, 1.82) is 0 Å². The number of carbonyl (C=O) groups is 1. The largest absolute Gasteiger partial charge is 0.346 e. The van der Waals surface area contributed by atoms with Crippen LogP contribution in [-0.2, 0) is 13.0 Å². The molecule has 3 rings (SSSR count). The van der Waals surface area contributed by atoms with Crippen molar-refractivity contribution in [1.82, 2.24) is 15.2 Å². The van der Waals surface area contributed by atoms with Crippen molar-refractivity contribution >= 4 is 17.2 Å². The molecule has 5 nitrogen and oxygen atoms in total. The molecule has 3 N–H and O–H groups in total. The molecular formula is C14H22N4OS. The molecule has 1 saturated carbocycles. The summed E-state index contributed by atoms with van der Waals surface area (Å²) in [5.41, 5.74) is 7.19. The van der Waals surface area contributed by atoms with E-state index >= 15 is 0 Å². The highest BCUT2D eigenvalue weighted by molar-refractivity contribution is 7.13. The quantitative estimate of drug-likeness (QED) is 0.858. The molecule has 1 aromatic rings. The van der Waals surface area contributed by atoms with Gasteiger partial charge in [0.2, 0.25) is 0 Å². The number of rotatable bonds is 2. The molecule has 2 atom stereocenters. The summed E-state index contributed by atoms with van der Waals surface area (Å²) in [5, 5.41) is 3.68. The van der Waals surface area contributed by atoms with Gasteiger partial charge in [0.05, 0.1) is 5.69 Å². The van der Waals surface area contributed by atoms with E-state index in [1.54, 1.807) is 0 Å². The fraction of sp³-hybridized carbons (Fsp3) is 0.714. The second kappa shape index (κ2) is 5.79. The van der Waals surface area contributed by atoms with E-state index in [-0.39, 0.29) is 18.0 Å². The van der Waals surface area contributed by atoms with E-state index in [0.29, 0.717) is 5.01 Å². The first-order chi connectivity index (χ1) is 9.63. The normalized spacial score (nSPS) is 27.1. The van der Waals surface area contributed by atoms with E-state index in [1.165, 1.54) is 22.6 Å². The minimum Gasteiger partial charge on any atom is -0.346 e. The number of hydrogen-bond acceptors (Lipinski definition) is 5. The molecule has 1 aromatic heterocycles. The zero-order chi connectivity index (χ0) is 14.1. The molecule has 0 bridgehead atoms. The van der Waals surface area contributed by atoms with Gasteiger partial charge in [-0.15, -0.1) is 11.3 Å². The molecule has 1 aliphatic heterocycles. The van der Waals surface area contributed by atoms with Crippen molar-refractivity contribution in [3.05, 3.63) is 15.6 Å². The van der Waals surface area contributed by atoms with Crippen molar-refractivity contribution < 1.29 is 4.79 Å². The van der Waals surface area contributed by atoms with E-state index in [9.17, 15) is 4.79 Å². The van der Waals surface area contributed by atoms with E-state index in [4.69, 9.17) is 5.73 Å². The molecule has 0 saturated heterocycles. The second-order valence-electron chi connectivity index (χ2n) is 5.90. The third-order valence-electron chi connectivity index (χ3n) is 4.25. The molecule has 0 radical (unpaired) electrons. The lowest BCUT2D eigenvalue weighted by atomic mass is 9.91. The van der Waals surface area contributed by atoms with Crippen LogP contribution in [0.25, 0.3) is 0 Å². The van der Waals surface area contributed by atoms with Gasteiger partial charge >= 0.3 is 0 Å². The Morgan fingerprint density at radius 3 is 3.05 bits per heavy atom. The summed E-state index contributed by atoms with van der Waals surface area (Å²) in [5.74, 6) is -0.0468. The van der Waals surface area contributed by atoms with Gasteiger partial charge in [-0.25, -0.2) is 4.98 Å². The number of thiazole rings is 1. The summed E-state index contributed by atoms with van der Waals surface area (Å²) in [6.45, 7) is 1.93.